The van der Waals surface area contributed by atoms with Crippen LogP contribution >= 0.6 is 0 Å². The molecule has 20 heavy (non-hydrogen) atoms. The van der Waals surface area contributed by atoms with Gasteiger partial charge in [0, 0.05) is 25.0 Å². The van der Waals surface area contributed by atoms with Gasteiger partial charge in [0.25, 0.3) is 0 Å². The first-order valence-electron chi connectivity index (χ1n) is 6.70. The zero-order valence-corrected chi connectivity index (χ0v) is 11.7. The lowest BCUT2D eigenvalue weighted by atomic mass is 10.2. The number of fused-ring (bicyclic) bond motifs is 1. The maximum absolute atomic E-state index is 9.71. The van der Waals surface area contributed by atoms with Crippen LogP contribution in [0.1, 0.15) is 38.1 Å². The number of allylic oxidation sites excluding steroid dienone is 2. The van der Waals surface area contributed by atoms with Crippen LogP contribution in [0.15, 0.2) is 35.8 Å². The molecule has 4 heteroatoms. The second-order valence-electron chi connectivity index (χ2n) is 4.46. The van der Waals surface area contributed by atoms with Crippen molar-refractivity contribution < 1.29 is 10.2 Å². The van der Waals surface area contributed by atoms with Gasteiger partial charge in [-0.1, -0.05) is 26.0 Å². The molecular weight excluding hydrogens is 252 g/mol. The summed E-state index contributed by atoms with van der Waals surface area (Å²) in [5.74, 6) is 0.473. The lowest BCUT2D eigenvalue weighted by molar-refractivity contribution is 0.399. The lowest BCUT2D eigenvalue weighted by Gasteiger charge is -2.05. The minimum atomic E-state index is 0.236. The van der Waals surface area contributed by atoms with Crippen molar-refractivity contribution in [2.75, 3.05) is 0 Å². The first-order chi connectivity index (χ1) is 9.63. The Morgan fingerprint density at radius 3 is 1.65 bits per heavy atom. The minimum Gasteiger partial charge on any atom is -0.512 e. The zero-order valence-electron chi connectivity index (χ0n) is 11.7. The average molecular weight is 270 g/mol. The van der Waals surface area contributed by atoms with Crippen LogP contribution < -0.4 is 0 Å². The van der Waals surface area contributed by atoms with Crippen LogP contribution in [-0.4, -0.2) is 20.2 Å². The van der Waals surface area contributed by atoms with Crippen molar-refractivity contribution >= 4 is 23.2 Å². The van der Waals surface area contributed by atoms with Crippen molar-refractivity contribution in [1.29, 1.82) is 0 Å². The molecule has 0 saturated carbocycles. The van der Waals surface area contributed by atoms with E-state index in [-0.39, 0.29) is 11.5 Å². The van der Waals surface area contributed by atoms with Gasteiger partial charge in [-0.15, -0.1) is 0 Å². The largest absolute Gasteiger partial charge is 0.512 e. The smallest absolute Gasteiger partial charge is 0.0942 e. The summed E-state index contributed by atoms with van der Waals surface area (Å²) in [6.07, 6.45) is 4.23. The minimum absolute atomic E-state index is 0.236. The first kappa shape index (κ1) is 14.1. The van der Waals surface area contributed by atoms with Crippen LogP contribution in [0.3, 0.4) is 0 Å². The van der Waals surface area contributed by atoms with Crippen LogP contribution in [0.25, 0.3) is 23.2 Å². The number of nitrogens with zero attached hydrogens (tertiary/aromatic N) is 2. The van der Waals surface area contributed by atoms with Gasteiger partial charge in [0.1, 0.15) is 0 Å². The molecule has 104 valence electrons. The Balaban J connectivity index is 2.64. The monoisotopic (exact) mass is 270 g/mol. The molecule has 0 aliphatic carbocycles. The number of rotatable bonds is 4. The number of hydrogen-bond acceptors (Lipinski definition) is 4. The molecule has 0 aliphatic rings. The van der Waals surface area contributed by atoms with E-state index in [2.05, 4.69) is 9.97 Å². The Morgan fingerprint density at radius 1 is 0.900 bits per heavy atom. The summed E-state index contributed by atoms with van der Waals surface area (Å²) >= 11 is 0. The molecular formula is C16H18N2O2. The summed E-state index contributed by atoms with van der Waals surface area (Å²) in [7, 11) is 0. The summed E-state index contributed by atoms with van der Waals surface area (Å²) in [6, 6.07) is 7.53. The molecule has 0 atom stereocenters. The predicted octanol–water partition coefficient (Wildman–Crippen LogP) is 4.25. The highest BCUT2D eigenvalue weighted by Gasteiger charge is 2.07. The van der Waals surface area contributed by atoms with E-state index < -0.39 is 0 Å². The van der Waals surface area contributed by atoms with Crippen molar-refractivity contribution in [2.24, 2.45) is 0 Å². The maximum Gasteiger partial charge on any atom is 0.0942 e. The van der Waals surface area contributed by atoms with E-state index in [0.29, 0.717) is 24.2 Å². The van der Waals surface area contributed by atoms with E-state index in [1.54, 1.807) is 12.2 Å². The molecule has 0 amide bonds. The van der Waals surface area contributed by atoms with Crippen LogP contribution in [0.4, 0.5) is 0 Å². The summed E-state index contributed by atoms with van der Waals surface area (Å²) in [5.41, 5.74) is 2.64. The van der Waals surface area contributed by atoms with Gasteiger partial charge in [-0.3, -0.25) is 0 Å². The molecule has 0 spiro atoms. The number of aliphatic hydroxyl groups is 2. The molecule has 0 radical (unpaired) electrons. The summed E-state index contributed by atoms with van der Waals surface area (Å²) in [5, 5.41) is 19.4. The number of para-hydroxylation sites is 2. The Bertz CT molecular complexity index is 617. The van der Waals surface area contributed by atoms with Crippen molar-refractivity contribution in [3.8, 4) is 0 Å². The average Bonchev–Trinajstić information content (AvgIpc) is 2.47. The molecule has 2 aromatic rings. The highest BCUT2D eigenvalue weighted by atomic mass is 16.3. The van der Waals surface area contributed by atoms with Crippen LogP contribution in [0.2, 0.25) is 0 Å². The summed E-state index contributed by atoms with van der Waals surface area (Å²) in [6.45, 7) is 3.72. The normalized spacial score (nSPS) is 12.9. The van der Waals surface area contributed by atoms with Gasteiger partial charge in [0.2, 0.25) is 0 Å². The summed E-state index contributed by atoms with van der Waals surface area (Å²) in [4.78, 5) is 8.99. The topological polar surface area (TPSA) is 66.2 Å². The van der Waals surface area contributed by atoms with E-state index >= 15 is 0 Å². The van der Waals surface area contributed by atoms with E-state index in [4.69, 9.17) is 0 Å². The highest BCUT2D eigenvalue weighted by Crippen LogP contribution is 2.18. The molecule has 0 unspecified atom stereocenters. The van der Waals surface area contributed by atoms with Crippen molar-refractivity contribution in [3.63, 3.8) is 0 Å². The molecule has 1 aromatic carbocycles. The van der Waals surface area contributed by atoms with E-state index in [1.807, 2.05) is 38.1 Å². The molecule has 2 rings (SSSR count). The van der Waals surface area contributed by atoms with E-state index in [9.17, 15) is 10.2 Å². The molecule has 0 fully saturated rings. The van der Waals surface area contributed by atoms with Gasteiger partial charge in [-0.2, -0.15) is 0 Å². The lowest BCUT2D eigenvalue weighted by Crippen LogP contribution is -1.96. The van der Waals surface area contributed by atoms with E-state index in [1.165, 1.54) is 0 Å². The van der Waals surface area contributed by atoms with Gasteiger partial charge >= 0.3 is 0 Å². The molecule has 0 aliphatic heterocycles. The van der Waals surface area contributed by atoms with Crippen molar-refractivity contribution in [3.05, 3.63) is 47.2 Å². The molecule has 1 heterocycles. The Morgan fingerprint density at radius 2 is 1.30 bits per heavy atom. The second kappa shape index (κ2) is 6.19. The van der Waals surface area contributed by atoms with Gasteiger partial charge in [0.15, 0.2) is 0 Å². The van der Waals surface area contributed by atoms with Crippen molar-refractivity contribution in [2.45, 2.75) is 26.7 Å². The van der Waals surface area contributed by atoms with E-state index in [0.717, 1.165) is 11.0 Å². The quantitative estimate of drug-likeness (QED) is 0.815. The Kier molecular flexibility index (Phi) is 4.35. The number of aromatic nitrogens is 2. The fraction of sp³-hybridized carbons (Fsp3) is 0.250. The van der Waals surface area contributed by atoms with Gasteiger partial charge in [0.05, 0.1) is 33.9 Å². The molecule has 1 aromatic heterocycles. The van der Waals surface area contributed by atoms with Gasteiger partial charge in [-0.25, -0.2) is 9.97 Å². The molecule has 2 N–H and O–H groups in total. The van der Waals surface area contributed by atoms with Crippen LogP contribution in [0.5, 0.6) is 0 Å². The van der Waals surface area contributed by atoms with Crippen LogP contribution in [-0.2, 0) is 0 Å². The van der Waals surface area contributed by atoms with Crippen LogP contribution in [0, 0.1) is 0 Å². The second-order valence-corrected chi connectivity index (χ2v) is 4.46. The maximum atomic E-state index is 9.71. The number of hydrogen-bond donors (Lipinski definition) is 2. The number of aliphatic hydroxyl groups excluding tert-OH is 2. The third-order valence-electron chi connectivity index (χ3n) is 2.96. The molecule has 4 nitrogen and oxygen atoms in total. The third kappa shape index (κ3) is 3.15. The first-order valence-corrected chi connectivity index (χ1v) is 6.70. The highest BCUT2D eigenvalue weighted by molar-refractivity contribution is 5.78. The fourth-order valence-corrected chi connectivity index (χ4v) is 1.76. The van der Waals surface area contributed by atoms with Crippen molar-refractivity contribution in [1.82, 2.24) is 9.97 Å². The standard InChI is InChI=1S/C16H18N2O2/c1-3-11(19)9-15-16(10-12(20)4-2)18-14-8-6-5-7-13(14)17-15/h5-10,19-20H,3-4H2,1-2H3/b11-9-,12-10+. The Labute approximate surface area is 118 Å². The SMILES string of the molecule is CC/C(O)=C/c1nc2ccccc2nc1/C=C(/O)CC. The molecule has 0 bridgehead atoms. The zero-order chi connectivity index (χ0) is 14.5. The molecule has 0 saturated heterocycles. The third-order valence-corrected chi connectivity index (χ3v) is 2.96. The van der Waals surface area contributed by atoms with Gasteiger partial charge < -0.3 is 10.2 Å². The van der Waals surface area contributed by atoms with Gasteiger partial charge in [-0.05, 0) is 12.1 Å². The number of benzene rings is 1. The Hall–Kier alpha value is -2.36. The summed E-state index contributed by atoms with van der Waals surface area (Å²) < 4.78 is 0. The predicted molar refractivity (Wildman–Crippen MR) is 81.3 cm³/mol. The fourth-order valence-electron chi connectivity index (χ4n) is 1.76.